The first-order valence-electron chi connectivity index (χ1n) is 10.8. The quantitative estimate of drug-likeness (QED) is 0.493. The summed E-state index contributed by atoms with van der Waals surface area (Å²) in [6.45, 7) is 5.76. The molecule has 0 saturated carbocycles. The average Bonchev–Trinajstić information content (AvgIpc) is 2.94. The first-order valence-corrected chi connectivity index (χ1v) is 11.6. The van der Waals surface area contributed by atoms with Crippen molar-refractivity contribution in [2.24, 2.45) is 0 Å². The number of benzene rings is 3. The van der Waals surface area contributed by atoms with E-state index in [0.29, 0.717) is 16.6 Å². The van der Waals surface area contributed by atoms with Gasteiger partial charge in [-0.2, -0.15) is 0 Å². The molecule has 166 valence electrons. The summed E-state index contributed by atoms with van der Waals surface area (Å²) in [6, 6.07) is 24.2. The Kier molecular flexibility index (Phi) is 6.92. The van der Waals surface area contributed by atoms with Crippen LogP contribution in [0.1, 0.15) is 19.4 Å². The van der Waals surface area contributed by atoms with E-state index in [-0.39, 0.29) is 24.4 Å². The second-order valence-corrected chi connectivity index (χ2v) is 9.20. The van der Waals surface area contributed by atoms with Gasteiger partial charge in [0.2, 0.25) is 5.91 Å². The van der Waals surface area contributed by atoms with E-state index < -0.39 is 0 Å². The van der Waals surface area contributed by atoms with Gasteiger partial charge in [0.15, 0.2) is 0 Å². The lowest BCUT2D eigenvalue weighted by molar-refractivity contribution is -0.121. The van der Waals surface area contributed by atoms with Crippen molar-refractivity contribution in [1.82, 2.24) is 5.32 Å². The molecule has 1 N–H and O–H groups in total. The number of rotatable bonds is 5. The van der Waals surface area contributed by atoms with Crippen molar-refractivity contribution in [2.75, 3.05) is 22.9 Å². The Labute approximate surface area is 199 Å². The highest BCUT2D eigenvalue weighted by molar-refractivity contribution is 6.35. The predicted octanol–water partition coefficient (Wildman–Crippen LogP) is 6.09. The van der Waals surface area contributed by atoms with Crippen molar-refractivity contribution in [3.8, 4) is 0 Å². The zero-order valence-electron chi connectivity index (χ0n) is 18.3. The van der Waals surface area contributed by atoms with Crippen LogP contribution >= 0.6 is 23.2 Å². The molecule has 0 aromatic heterocycles. The number of fused-ring (bicyclic) bond motifs is 1. The van der Waals surface area contributed by atoms with Gasteiger partial charge in [0.05, 0.1) is 23.8 Å². The lowest BCUT2D eigenvalue weighted by Gasteiger charge is -2.31. The maximum absolute atomic E-state index is 13.0. The largest absolute Gasteiger partial charge is 0.365 e. The van der Waals surface area contributed by atoms with Gasteiger partial charge in [-0.05, 0) is 55.8 Å². The molecule has 6 heteroatoms. The van der Waals surface area contributed by atoms with Crippen LogP contribution in [0.5, 0.6) is 0 Å². The topological polar surface area (TPSA) is 35.6 Å². The molecule has 0 spiro atoms. The number of halogens is 2. The number of carbonyl (C=O) groups is 1. The molecule has 3 aromatic carbocycles. The summed E-state index contributed by atoms with van der Waals surface area (Å²) in [5.74, 6) is -0.0538. The Morgan fingerprint density at radius 3 is 2.34 bits per heavy atom. The van der Waals surface area contributed by atoms with Crippen molar-refractivity contribution in [3.63, 3.8) is 0 Å². The molecule has 1 atom stereocenters. The highest BCUT2D eigenvalue weighted by Gasteiger charge is 2.29. The fourth-order valence-electron chi connectivity index (χ4n) is 4.20. The van der Waals surface area contributed by atoms with Gasteiger partial charge in [-0.25, -0.2) is 0 Å². The Bertz CT molecular complexity index is 1090. The fourth-order valence-corrected chi connectivity index (χ4v) is 4.67. The Morgan fingerprint density at radius 2 is 1.66 bits per heavy atom. The Hall–Kier alpha value is -2.69. The molecule has 1 aliphatic rings. The fraction of sp³-hybridized carbons (Fsp3) is 0.269. The van der Waals surface area contributed by atoms with E-state index in [9.17, 15) is 4.79 Å². The summed E-state index contributed by atoms with van der Waals surface area (Å²) in [5.41, 5.74) is 4.19. The van der Waals surface area contributed by atoms with E-state index in [2.05, 4.69) is 65.4 Å². The van der Waals surface area contributed by atoms with Crippen molar-refractivity contribution < 1.29 is 4.79 Å². The second kappa shape index (κ2) is 9.85. The maximum Gasteiger partial charge on any atom is 0.224 e. The van der Waals surface area contributed by atoms with Crippen LogP contribution in [-0.4, -0.2) is 31.1 Å². The number of para-hydroxylation sites is 3. The molecule has 1 aliphatic heterocycles. The summed E-state index contributed by atoms with van der Waals surface area (Å²) in [4.78, 5) is 17.6. The van der Waals surface area contributed by atoms with Gasteiger partial charge in [0.25, 0.3) is 0 Å². The number of hydrogen-bond donors (Lipinski definition) is 1. The van der Waals surface area contributed by atoms with Gasteiger partial charge in [-0.15, -0.1) is 0 Å². The van der Waals surface area contributed by atoms with E-state index in [1.165, 1.54) is 5.69 Å². The molecule has 0 bridgehead atoms. The SMILES string of the molecule is CC(C)N1CC(NC(=O)Cc2ccc(Cl)cc2Cl)CN(c2ccccc2)c2ccccc21. The summed E-state index contributed by atoms with van der Waals surface area (Å²) in [5, 5.41) is 4.33. The minimum Gasteiger partial charge on any atom is -0.365 e. The number of anilines is 3. The molecule has 0 radical (unpaired) electrons. The molecule has 1 heterocycles. The van der Waals surface area contributed by atoms with Crippen molar-refractivity contribution in [2.45, 2.75) is 32.4 Å². The van der Waals surface area contributed by atoms with Gasteiger partial charge < -0.3 is 15.1 Å². The van der Waals surface area contributed by atoms with Crippen LogP contribution in [0, 0.1) is 0 Å². The number of nitrogens with zero attached hydrogens (tertiary/aromatic N) is 2. The highest BCUT2D eigenvalue weighted by atomic mass is 35.5. The normalized spacial score (nSPS) is 16.0. The smallest absolute Gasteiger partial charge is 0.224 e. The van der Waals surface area contributed by atoms with Crippen LogP contribution in [0.4, 0.5) is 17.1 Å². The van der Waals surface area contributed by atoms with Gasteiger partial charge in [-0.1, -0.05) is 59.6 Å². The van der Waals surface area contributed by atoms with Gasteiger partial charge >= 0.3 is 0 Å². The third-order valence-corrected chi connectivity index (χ3v) is 6.31. The van der Waals surface area contributed by atoms with E-state index in [1.807, 2.05) is 24.3 Å². The molecule has 1 unspecified atom stereocenters. The molecule has 4 nitrogen and oxygen atoms in total. The van der Waals surface area contributed by atoms with Crippen LogP contribution in [0.25, 0.3) is 0 Å². The third kappa shape index (κ3) is 5.03. The first-order chi connectivity index (χ1) is 15.4. The van der Waals surface area contributed by atoms with Gasteiger partial charge in [0, 0.05) is 34.9 Å². The number of hydrogen-bond acceptors (Lipinski definition) is 3. The minimum atomic E-state index is -0.0661. The van der Waals surface area contributed by atoms with E-state index >= 15 is 0 Å². The zero-order valence-corrected chi connectivity index (χ0v) is 19.8. The van der Waals surface area contributed by atoms with Crippen LogP contribution < -0.4 is 15.1 Å². The minimum absolute atomic E-state index is 0.0538. The number of amides is 1. The van der Waals surface area contributed by atoms with Crippen molar-refractivity contribution in [3.05, 3.63) is 88.4 Å². The number of nitrogens with one attached hydrogen (secondary N) is 1. The molecule has 0 aliphatic carbocycles. The van der Waals surface area contributed by atoms with Gasteiger partial charge in [0.1, 0.15) is 0 Å². The lowest BCUT2D eigenvalue weighted by Crippen LogP contribution is -2.49. The zero-order chi connectivity index (χ0) is 22.7. The average molecular weight is 468 g/mol. The van der Waals surface area contributed by atoms with Crippen molar-refractivity contribution >= 4 is 46.2 Å². The summed E-state index contributed by atoms with van der Waals surface area (Å²) in [7, 11) is 0. The third-order valence-electron chi connectivity index (χ3n) is 5.72. The molecule has 0 saturated heterocycles. The second-order valence-electron chi connectivity index (χ2n) is 8.36. The standard InChI is InChI=1S/C26H27Cl2N3O/c1-18(2)30-16-21(29-26(32)14-19-12-13-20(27)15-23(19)28)17-31(22-8-4-3-5-9-22)25-11-7-6-10-24(25)30/h3-13,15,18,21H,14,16-17H2,1-2H3,(H,29,32). The molecule has 4 rings (SSSR count). The summed E-state index contributed by atoms with van der Waals surface area (Å²) in [6.07, 6.45) is 0.215. The Balaban J connectivity index is 1.62. The first kappa shape index (κ1) is 22.5. The summed E-state index contributed by atoms with van der Waals surface area (Å²) >= 11 is 12.3. The van der Waals surface area contributed by atoms with E-state index in [4.69, 9.17) is 23.2 Å². The summed E-state index contributed by atoms with van der Waals surface area (Å²) < 4.78 is 0. The predicted molar refractivity (Wildman–Crippen MR) is 134 cm³/mol. The van der Waals surface area contributed by atoms with E-state index in [1.54, 1.807) is 12.1 Å². The monoisotopic (exact) mass is 467 g/mol. The highest BCUT2D eigenvalue weighted by Crippen LogP contribution is 2.37. The van der Waals surface area contributed by atoms with Gasteiger partial charge in [-0.3, -0.25) is 4.79 Å². The van der Waals surface area contributed by atoms with E-state index in [0.717, 1.165) is 23.5 Å². The lowest BCUT2D eigenvalue weighted by atomic mass is 10.1. The molecule has 32 heavy (non-hydrogen) atoms. The van der Waals surface area contributed by atoms with Crippen LogP contribution in [-0.2, 0) is 11.2 Å². The number of carbonyl (C=O) groups excluding carboxylic acids is 1. The van der Waals surface area contributed by atoms with Crippen LogP contribution in [0.2, 0.25) is 10.0 Å². The molecule has 3 aromatic rings. The molecular weight excluding hydrogens is 441 g/mol. The van der Waals surface area contributed by atoms with Crippen molar-refractivity contribution in [1.29, 1.82) is 0 Å². The molecule has 0 fully saturated rings. The maximum atomic E-state index is 13.0. The molecule has 1 amide bonds. The molecular formula is C26H27Cl2N3O. The Morgan fingerprint density at radius 1 is 0.969 bits per heavy atom. The van der Waals surface area contributed by atoms with Crippen LogP contribution in [0.3, 0.4) is 0 Å². The van der Waals surface area contributed by atoms with Crippen LogP contribution in [0.15, 0.2) is 72.8 Å².